The summed E-state index contributed by atoms with van der Waals surface area (Å²) in [4.78, 5) is 8.45. The zero-order valence-electron chi connectivity index (χ0n) is 18.3. The average Bonchev–Trinajstić information content (AvgIpc) is 2.76. The zero-order valence-corrected chi connectivity index (χ0v) is 20.8. The summed E-state index contributed by atoms with van der Waals surface area (Å²) in [6.45, 7) is 0. The van der Waals surface area contributed by atoms with E-state index in [1.165, 1.54) is 18.2 Å². The van der Waals surface area contributed by atoms with E-state index in [1.54, 1.807) is 0 Å². The number of halogens is 1. The van der Waals surface area contributed by atoms with E-state index in [1.807, 2.05) is 0 Å². The Morgan fingerprint density at radius 3 is 1.76 bits per heavy atom. The molecule has 0 aliphatic heterocycles. The number of nitrogens with one attached hydrogen (secondary N) is 2. The second kappa shape index (κ2) is 9.38. The van der Waals surface area contributed by atoms with Gasteiger partial charge in [0.1, 0.15) is 10.6 Å². The summed E-state index contributed by atoms with van der Waals surface area (Å²) in [6, 6.07) is 8.02. The van der Waals surface area contributed by atoms with E-state index in [2.05, 4.69) is 25.6 Å². The molecule has 0 radical (unpaired) electrons. The summed E-state index contributed by atoms with van der Waals surface area (Å²) < 4.78 is 112. The van der Waals surface area contributed by atoms with Crippen LogP contribution in [0.5, 0.6) is 5.75 Å². The number of anilines is 4. The third kappa shape index (κ3) is 5.77. The fraction of sp³-hybridized carbons (Fsp3) is 0. The van der Waals surface area contributed by atoms with E-state index in [0.29, 0.717) is 6.07 Å². The van der Waals surface area contributed by atoms with Crippen molar-refractivity contribution in [1.82, 2.24) is 15.0 Å². The molecule has 0 saturated heterocycles. The van der Waals surface area contributed by atoms with Crippen LogP contribution in [0.15, 0.2) is 63.2 Å². The maximum Gasteiger partial charge on any atom is 0.315 e. The summed E-state index contributed by atoms with van der Waals surface area (Å²) >= 11 is 0. The van der Waals surface area contributed by atoms with Crippen LogP contribution >= 0.6 is 0 Å². The quantitative estimate of drug-likeness (QED) is 0.169. The molecular formula is C19H14FN5O10S3. The molecule has 0 spiro atoms. The Balaban J connectivity index is 1.85. The molecule has 0 saturated carbocycles. The fourth-order valence-corrected chi connectivity index (χ4v) is 5.06. The monoisotopic (exact) mass is 587 g/mol. The predicted molar refractivity (Wildman–Crippen MR) is 128 cm³/mol. The second-order valence-electron chi connectivity index (χ2n) is 7.43. The number of rotatable bonds is 7. The van der Waals surface area contributed by atoms with Gasteiger partial charge in [0.2, 0.25) is 11.9 Å². The first-order chi connectivity index (χ1) is 17.5. The maximum absolute atomic E-state index is 14.2. The predicted octanol–water partition coefficient (Wildman–Crippen LogP) is 2.10. The highest BCUT2D eigenvalue weighted by atomic mass is 32.2. The number of phenolic OH excluding ortho intramolecular Hbond substituents is 1. The molecule has 0 fully saturated rings. The molecule has 6 N–H and O–H groups in total. The number of nitrogens with zero attached hydrogens (tertiary/aromatic N) is 3. The van der Waals surface area contributed by atoms with Gasteiger partial charge >= 0.3 is 6.08 Å². The minimum absolute atomic E-state index is 0.235. The molecule has 19 heteroatoms. The van der Waals surface area contributed by atoms with E-state index in [0.717, 1.165) is 24.3 Å². The van der Waals surface area contributed by atoms with Crippen molar-refractivity contribution in [2.75, 3.05) is 10.6 Å². The molecule has 3 aromatic carbocycles. The van der Waals surface area contributed by atoms with Crippen LogP contribution in [-0.4, -0.2) is 59.0 Å². The maximum atomic E-state index is 14.2. The molecule has 0 unspecified atom stereocenters. The van der Waals surface area contributed by atoms with Gasteiger partial charge in [-0.3, -0.25) is 13.7 Å². The Morgan fingerprint density at radius 1 is 0.684 bits per heavy atom. The molecule has 0 aliphatic carbocycles. The summed E-state index contributed by atoms with van der Waals surface area (Å²) in [6.07, 6.45) is -1.40. The minimum atomic E-state index is -4.90. The van der Waals surface area contributed by atoms with Crippen molar-refractivity contribution in [3.8, 4) is 5.75 Å². The molecule has 200 valence electrons. The van der Waals surface area contributed by atoms with Crippen molar-refractivity contribution in [3.05, 3.63) is 54.6 Å². The van der Waals surface area contributed by atoms with E-state index >= 15 is 0 Å². The largest absolute Gasteiger partial charge is 0.507 e. The van der Waals surface area contributed by atoms with Crippen molar-refractivity contribution in [3.63, 3.8) is 0 Å². The normalized spacial score (nSPS) is 12.4. The molecule has 15 nitrogen and oxygen atoms in total. The molecule has 0 amide bonds. The Kier molecular flexibility index (Phi) is 6.67. The summed E-state index contributed by atoms with van der Waals surface area (Å²) in [7, 11) is -14.4. The molecule has 0 aliphatic rings. The van der Waals surface area contributed by atoms with Crippen LogP contribution in [0.2, 0.25) is 0 Å². The zero-order chi connectivity index (χ0) is 28.0. The first kappa shape index (κ1) is 27.0. The third-order valence-electron chi connectivity index (χ3n) is 4.84. The van der Waals surface area contributed by atoms with Crippen molar-refractivity contribution >= 4 is 64.4 Å². The number of para-hydroxylation sites is 1. The summed E-state index contributed by atoms with van der Waals surface area (Å²) in [5.74, 6) is -1.95. The lowest BCUT2D eigenvalue weighted by Gasteiger charge is -2.14. The lowest BCUT2D eigenvalue weighted by molar-refractivity contribution is 0.471. The van der Waals surface area contributed by atoms with E-state index in [-0.39, 0.29) is 22.1 Å². The third-order valence-corrected chi connectivity index (χ3v) is 7.41. The van der Waals surface area contributed by atoms with Crippen molar-refractivity contribution < 1.29 is 48.4 Å². The molecule has 38 heavy (non-hydrogen) atoms. The van der Waals surface area contributed by atoms with Gasteiger partial charge in [-0.2, -0.15) is 44.6 Å². The summed E-state index contributed by atoms with van der Waals surface area (Å²) in [5, 5.41) is 14.7. The van der Waals surface area contributed by atoms with Gasteiger partial charge in [0.05, 0.1) is 21.2 Å². The van der Waals surface area contributed by atoms with Crippen LogP contribution in [0.4, 0.5) is 27.7 Å². The lowest BCUT2D eigenvalue weighted by atomic mass is 10.1. The number of aromatic hydroxyl groups is 1. The number of aromatic nitrogens is 3. The number of hydrogen-bond donors (Lipinski definition) is 6. The van der Waals surface area contributed by atoms with Crippen molar-refractivity contribution in [2.45, 2.75) is 14.7 Å². The van der Waals surface area contributed by atoms with Crippen LogP contribution in [0.25, 0.3) is 10.8 Å². The lowest BCUT2D eigenvalue weighted by Crippen LogP contribution is -2.09. The van der Waals surface area contributed by atoms with Gasteiger partial charge < -0.3 is 15.7 Å². The minimum Gasteiger partial charge on any atom is -0.507 e. The molecule has 0 bridgehead atoms. The molecule has 1 aromatic heterocycles. The Hall–Kier alpha value is -4.01. The SMILES string of the molecule is O=S(=O)(O)c1cc(O)c2c(Nc3nc(F)nc(Nc4ccccc4S(=O)(=O)O)n3)cc(S(=O)(=O)O)cc2c1. The highest BCUT2D eigenvalue weighted by Gasteiger charge is 2.21. The Bertz CT molecular complexity index is 1930. The molecule has 0 atom stereocenters. The fourth-order valence-electron chi connectivity index (χ4n) is 3.33. The van der Waals surface area contributed by atoms with E-state index in [9.17, 15) is 48.4 Å². The first-order valence-corrected chi connectivity index (χ1v) is 14.1. The van der Waals surface area contributed by atoms with Gasteiger partial charge in [0, 0.05) is 11.5 Å². The van der Waals surface area contributed by atoms with Crippen molar-refractivity contribution in [1.29, 1.82) is 0 Å². The van der Waals surface area contributed by atoms with Gasteiger partial charge in [0.25, 0.3) is 30.4 Å². The van der Waals surface area contributed by atoms with Crippen LogP contribution in [0, 0.1) is 6.08 Å². The van der Waals surface area contributed by atoms with Gasteiger partial charge in [-0.05, 0) is 35.7 Å². The topological polar surface area (TPSA) is 246 Å². The Labute approximate surface area is 213 Å². The van der Waals surface area contributed by atoms with Gasteiger partial charge in [-0.1, -0.05) is 12.1 Å². The second-order valence-corrected chi connectivity index (χ2v) is 11.7. The van der Waals surface area contributed by atoms with E-state index in [4.69, 9.17) is 0 Å². The molecule has 4 aromatic rings. The van der Waals surface area contributed by atoms with Crippen LogP contribution < -0.4 is 10.6 Å². The summed E-state index contributed by atoms with van der Waals surface area (Å²) in [5.41, 5.74) is -0.592. The number of benzene rings is 3. The Morgan fingerprint density at radius 2 is 1.21 bits per heavy atom. The molecular weight excluding hydrogens is 573 g/mol. The van der Waals surface area contributed by atoms with E-state index < -0.39 is 68.8 Å². The first-order valence-electron chi connectivity index (χ1n) is 9.80. The van der Waals surface area contributed by atoms with Gasteiger partial charge in [-0.15, -0.1) is 0 Å². The van der Waals surface area contributed by atoms with Crippen LogP contribution in [0.1, 0.15) is 0 Å². The number of phenols is 1. The average molecular weight is 588 g/mol. The standard InChI is InChI=1S/C19H14FN5O10S3/c20-17-23-18(21-12-3-1-2-4-15(12)38(33,34)35)25-19(24-17)22-13-7-10(36(27,28)29)5-9-6-11(37(30,31)32)8-14(26)16(9)13/h1-8,26H,(H,27,28,29)(H,30,31,32)(H,33,34,35)(H2,21,22,23,24,25). The smallest absolute Gasteiger partial charge is 0.315 e. The van der Waals surface area contributed by atoms with Crippen LogP contribution in [0.3, 0.4) is 0 Å². The van der Waals surface area contributed by atoms with Gasteiger partial charge in [-0.25, -0.2) is 0 Å². The number of fused-ring (bicyclic) bond motifs is 1. The highest BCUT2D eigenvalue weighted by Crippen LogP contribution is 2.37. The number of hydrogen-bond acceptors (Lipinski definition) is 12. The molecule has 4 rings (SSSR count). The highest BCUT2D eigenvalue weighted by molar-refractivity contribution is 7.86. The van der Waals surface area contributed by atoms with Crippen molar-refractivity contribution in [2.24, 2.45) is 0 Å². The molecule has 1 heterocycles. The van der Waals surface area contributed by atoms with Crippen LogP contribution in [-0.2, 0) is 30.4 Å². The van der Waals surface area contributed by atoms with Gasteiger partial charge in [0.15, 0.2) is 0 Å².